The first-order valence-corrected chi connectivity index (χ1v) is 14.6. The van der Waals surface area contributed by atoms with Crippen molar-refractivity contribution in [3.63, 3.8) is 0 Å². The van der Waals surface area contributed by atoms with Crippen LogP contribution in [0.1, 0.15) is 18.7 Å². The summed E-state index contributed by atoms with van der Waals surface area (Å²) < 4.78 is 62.4. The van der Waals surface area contributed by atoms with E-state index in [0.29, 0.717) is 55.7 Å². The number of piperazine rings is 1. The minimum absolute atomic E-state index is 0.108. The predicted molar refractivity (Wildman–Crippen MR) is 154 cm³/mol. The molecular formula is C29H33F4N5O3S. The van der Waals surface area contributed by atoms with Crippen LogP contribution in [0.3, 0.4) is 0 Å². The molecule has 0 aliphatic carbocycles. The maximum absolute atomic E-state index is 15.8. The molecule has 3 atom stereocenters. The average Bonchev–Trinajstić information content (AvgIpc) is 3.40. The number of nitrogens with one attached hydrogen (secondary N) is 1. The van der Waals surface area contributed by atoms with Crippen LogP contribution in [0, 0.1) is 11.7 Å². The lowest BCUT2D eigenvalue weighted by atomic mass is 9.95. The molecule has 226 valence electrons. The summed E-state index contributed by atoms with van der Waals surface area (Å²) >= 11 is 1.42. The highest BCUT2D eigenvalue weighted by Crippen LogP contribution is 2.40. The van der Waals surface area contributed by atoms with Gasteiger partial charge in [-0.25, -0.2) is 9.38 Å². The Balaban J connectivity index is 1.49. The second-order valence-corrected chi connectivity index (χ2v) is 12.1. The van der Waals surface area contributed by atoms with Gasteiger partial charge in [-0.15, -0.1) is 11.3 Å². The number of amides is 2. The molecule has 0 bridgehead atoms. The number of aliphatic imine (C=N–C) groups is 1. The average molecular weight is 608 g/mol. The summed E-state index contributed by atoms with van der Waals surface area (Å²) in [5.74, 6) is -4.41. The molecule has 0 saturated carbocycles. The van der Waals surface area contributed by atoms with E-state index in [0.717, 1.165) is 18.0 Å². The lowest BCUT2D eigenvalue weighted by Crippen LogP contribution is -2.55. The standard InChI is InChI=1S/C29H33F4N5O3S/c1-17-14-38(15-18(2)36(17)3)25-12-23(30)20(26-5-4-19(42-26)16-37-6-8-41-9-7-37)10-24(25)35-28(40)21-13-34-27(39)11-22(21)29(31,32)33/h4-5,10-13,17-18,21H,6-9,14-16H2,1-3H3,(H,35,40)/t17-,18+,21?. The summed E-state index contributed by atoms with van der Waals surface area (Å²) in [5.41, 5.74) is -0.489. The minimum atomic E-state index is -4.91. The molecular weight excluding hydrogens is 574 g/mol. The van der Waals surface area contributed by atoms with E-state index in [1.54, 1.807) is 0 Å². The zero-order chi connectivity index (χ0) is 30.2. The van der Waals surface area contributed by atoms with Crippen molar-refractivity contribution in [2.75, 3.05) is 56.7 Å². The van der Waals surface area contributed by atoms with Gasteiger partial charge in [0.2, 0.25) is 5.91 Å². The zero-order valence-corrected chi connectivity index (χ0v) is 24.4. The van der Waals surface area contributed by atoms with E-state index in [1.807, 2.05) is 37.9 Å². The third kappa shape index (κ3) is 6.59. The molecule has 2 saturated heterocycles. The van der Waals surface area contributed by atoms with Crippen LogP contribution in [-0.4, -0.2) is 92.5 Å². The number of thiophene rings is 1. The smallest absolute Gasteiger partial charge is 0.379 e. The van der Waals surface area contributed by atoms with E-state index >= 15 is 4.39 Å². The van der Waals surface area contributed by atoms with E-state index < -0.39 is 35.3 Å². The molecule has 1 unspecified atom stereocenters. The number of carbonyl (C=O) groups is 2. The van der Waals surface area contributed by atoms with Gasteiger partial charge in [-0.05, 0) is 45.2 Å². The van der Waals surface area contributed by atoms with Gasteiger partial charge in [0.25, 0.3) is 5.91 Å². The molecule has 8 nitrogen and oxygen atoms in total. The van der Waals surface area contributed by atoms with Gasteiger partial charge in [0, 0.05) is 72.4 Å². The Bertz CT molecular complexity index is 1390. The maximum atomic E-state index is 15.8. The van der Waals surface area contributed by atoms with Gasteiger partial charge >= 0.3 is 6.18 Å². The Morgan fingerprint density at radius 1 is 1.14 bits per heavy atom. The number of benzene rings is 1. The van der Waals surface area contributed by atoms with Crippen LogP contribution in [0.5, 0.6) is 0 Å². The van der Waals surface area contributed by atoms with Crippen molar-refractivity contribution in [1.29, 1.82) is 0 Å². The van der Waals surface area contributed by atoms with Gasteiger partial charge in [-0.3, -0.25) is 19.4 Å². The Hall–Kier alpha value is -3.13. The first-order chi connectivity index (χ1) is 19.9. The van der Waals surface area contributed by atoms with Gasteiger partial charge in [0.05, 0.1) is 30.2 Å². The van der Waals surface area contributed by atoms with Crippen molar-refractivity contribution in [3.8, 4) is 10.4 Å². The number of likely N-dealkylation sites (N-methyl/N-ethyl adjacent to an activating group) is 1. The number of hydrogen-bond acceptors (Lipinski definition) is 7. The quantitative estimate of drug-likeness (QED) is 0.485. The van der Waals surface area contributed by atoms with Gasteiger partial charge in [0.15, 0.2) is 0 Å². The number of anilines is 2. The highest BCUT2D eigenvalue weighted by molar-refractivity contribution is 7.15. The van der Waals surface area contributed by atoms with Crippen molar-refractivity contribution in [1.82, 2.24) is 9.80 Å². The largest absolute Gasteiger partial charge is 0.414 e. The van der Waals surface area contributed by atoms with E-state index in [9.17, 15) is 22.8 Å². The molecule has 2 aromatic rings. The predicted octanol–water partition coefficient (Wildman–Crippen LogP) is 4.57. The molecule has 3 aliphatic rings. The van der Waals surface area contributed by atoms with Crippen molar-refractivity contribution in [3.05, 3.63) is 46.6 Å². The number of ether oxygens (including phenoxy) is 1. The van der Waals surface area contributed by atoms with Crippen molar-refractivity contribution < 1.29 is 31.9 Å². The highest BCUT2D eigenvalue weighted by atomic mass is 32.1. The number of morpholine rings is 1. The van der Waals surface area contributed by atoms with Crippen molar-refractivity contribution in [2.24, 2.45) is 10.9 Å². The van der Waals surface area contributed by atoms with Crippen LogP contribution in [-0.2, 0) is 20.9 Å². The number of nitrogens with zero attached hydrogens (tertiary/aromatic N) is 4. The fourth-order valence-electron chi connectivity index (χ4n) is 5.47. The fourth-order valence-corrected chi connectivity index (χ4v) is 6.54. The molecule has 0 spiro atoms. The number of hydrogen-bond donors (Lipinski definition) is 1. The van der Waals surface area contributed by atoms with Crippen LogP contribution >= 0.6 is 11.3 Å². The SMILES string of the molecule is C[C@@H]1CN(c2cc(F)c(-c3ccc(CN4CCOCC4)s3)cc2NC(=O)C2C=NC(=O)C=C2C(F)(F)F)C[C@H](C)N1C. The Kier molecular flexibility index (Phi) is 8.83. The number of halogens is 4. The van der Waals surface area contributed by atoms with Gasteiger partial charge < -0.3 is 15.0 Å². The molecule has 1 aromatic heterocycles. The third-order valence-electron chi connectivity index (χ3n) is 8.03. The first-order valence-electron chi connectivity index (χ1n) is 13.8. The van der Waals surface area contributed by atoms with Crippen molar-refractivity contribution in [2.45, 2.75) is 38.7 Å². The molecule has 1 aromatic carbocycles. The molecule has 1 N–H and O–H groups in total. The molecule has 5 rings (SSSR count). The Morgan fingerprint density at radius 3 is 2.50 bits per heavy atom. The second kappa shape index (κ2) is 12.2. The number of carbonyl (C=O) groups excluding carboxylic acids is 2. The fraction of sp³-hybridized carbons (Fsp3) is 0.483. The molecule has 42 heavy (non-hydrogen) atoms. The Labute approximate surface area is 245 Å². The van der Waals surface area contributed by atoms with Crippen LogP contribution in [0.25, 0.3) is 10.4 Å². The van der Waals surface area contributed by atoms with E-state index in [1.165, 1.54) is 23.5 Å². The molecule has 2 amide bonds. The molecule has 3 aliphatic heterocycles. The molecule has 0 radical (unpaired) electrons. The number of alkyl halides is 3. The highest BCUT2D eigenvalue weighted by Gasteiger charge is 2.43. The first kappa shape index (κ1) is 30.3. The molecule has 13 heteroatoms. The van der Waals surface area contributed by atoms with Gasteiger partial charge in [0.1, 0.15) is 11.7 Å². The summed E-state index contributed by atoms with van der Waals surface area (Å²) in [4.78, 5) is 36.4. The van der Waals surface area contributed by atoms with E-state index in [4.69, 9.17) is 4.74 Å². The second-order valence-electron chi connectivity index (χ2n) is 11.0. The number of dihydropyridines is 1. The van der Waals surface area contributed by atoms with E-state index in [2.05, 4.69) is 20.1 Å². The van der Waals surface area contributed by atoms with Gasteiger partial charge in [-0.2, -0.15) is 13.2 Å². The van der Waals surface area contributed by atoms with E-state index in [-0.39, 0.29) is 23.3 Å². The summed E-state index contributed by atoms with van der Waals surface area (Å²) in [5, 5.41) is 2.62. The third-order valence-corrected chi connectivity index (χ3v) is 9.13. The lowest BCUT2D eigenvalue weighted by molar-refractivity contribution is -0.124. The maximum Gasteiger partial charge on any atom is 0.414 e. The minimum Gasteiger partial charge on any atom is -0.379 e. The monoisotopic (exact) mass is 607 g/mol. The van der Waals surface area contributed by atoms with Crippen LogP contribution in [0.15, 0.2) is 40.9 Å². The lowest BCUT2D eigenvalue weighted by Gasteiger charge is -2.44. The zero-order valence-electron chi connectivity index (χ0n) is 23.6. The summed E-state index contributed by atoms with van der Waals surface area (Å²) in [6.07, 6.45) is -3.86. The van der Waals surface area contributed by atoms with Crippen molar-refractivity contribution >= 4 is 40.7 Å². The molecule has 2 fully saturated rings. The van der Waals surface area contributed by atoms with Crippen LogP contribution < -0.4 is 10.2 Å². The topological polar surface area (TPSA) is 77.5 Å². The summed E-state index contributed by atoms with van der Waals surface area (Å²) in [7, 11) is 2.00. The summed E-state index contributed by atoms with van der Waals surface area (Å²) in [6, 6.07) is 6.79. The van der Waals surface area contributed by atoms with Crippen LogP contribution in [0.2, 0.25) is 0 Å². The molecule has 4 heterocycles. The van der Waals surface area contributed by atoms with Crippen LogP contribution in [0.4, 0.5) is 28.9 Å². The normalized spacial score (nSPS) is 24.2. The summed E-state index contributed by atoms with van der Waals surface area (Å²) in [6.45, 7) is 8.74. The number of rotatable bonds is 6. The van der Waals surface area contributed by atoms with Gasteiger partial charge in [-0.1, -0.05) is 0 Å². The Morgan fingerprint density at radius 2 is 1.83 bits per heavy atom.